The largest absolute Gasteiger partial charge is 0.471 e. The van der Waals surface area contributed by atoms with E-state index in [1.54, 1.807) is 0 Å². The van der Waals surface area contributed by atoms with Crippen molar-refractivity contribution in [3.05, 3.63) is 0 Å². The van der Waals surface area contributed by atoms with Crippen LogP contribution in [0.25, 0.3) is 0 Å². The second kappa shape index (κ2) is 11.9. The summed E-state index contributed by atoms with van der Waals surface area (Å²) in [6.45, 7) is 15.3. The monoisotopic (exact) mass is 245 g/mol. The number of likely N-dealkylation sites (tertiary alicyclic amines) is 1. The van der Waals surface area contributed by atoms with Crippen molar-refractivity contribution in [2.45, 2.75) is 53.9 Å². The van der Waals surface area contributed by atoms with Crippen LogP contribution in [0.15, 0.2) is 0 Å². The molecule has 0 radical (unpaired) electrons. The molecule has 0 saturated carbocycles. The van der Waals surface area contributed by atoms with E-state index in [2.05, 4.69) is 30.4 Å². The molecular formula is C14H31NO2. The molecule has 104 valence electrons. The van der Waals surface area contributed by atoms with Crippen molar-refractivity contribution in [2.24, 2.45) is 5.41 Å². The normalized spacial score (nSPS) is 15.2. The van der Waals surface area contributed by atoms with Crippen LogP contribution in [0, 0.1) is 5.41 Å². The summed E-state index contributed by atoms with van der Waals surface area (Å²) in [5.74, 6) is 0. The molecule has 0 unspecified atom stereocenters. The second-order valence-corrected chi connectivity index (χ2v) is 5.19. The van der Waals surface area contributed by atoms with Gasteiger partial charge in [0.2, 0.25) is 0 Å². The van der Waals surface area contributed by atoms with Crippen molar-refractivity contribution >= 4 is 6.47 Å². The summed E-state index contributed by atoms with van der Waals surface area (Å²) in [6.07, 6.45) is 4.18. The van der Waals surface area contributed by atoms with E-state index in [1.165, 1.54) is 46.0 Å². The lowest BCUT2D eigenvalue weighted by Gasteiger charge is -2.22. The molecule has 0 atom stereocenters. The second-order valence-electron chi connectivity index (χ2n) is 5.19. The molecule has 0 amide bonds. The molecule has 0 bridgehead atoms. The van der Waals surface area contributed by atoms with Gasteiger partial charge in [0.15, 0.2) is 0 Å². The van der Waals surface area contributed by atoms with Crippen LogP contribution in [0.3, 0.4) is 0 Å². The molecule has 1 fully saturated rings. The summed E-state index contributed by atoms with van der Waals surface area (Å²) >= 11 is 0. The van der Waals surface area contributed by atoms with E-state index >= 15 is 0 Å². The third-order valence-corrected chi connectivity index (χ3v) is 2.47. The molecule has 0 spiro atoms. The standard InChI is InChI=1S/C10H21N.C2H4O2.C2H6/c1-10(2,3)6-9-11-7-4-5-8-11;1-4-2-3;1-2/h4-9H2,1-3H3;2H,1H3;1-2H3. The molecule has 0 aromatic heterocycles. The van der Waals surface area contributed by atoms with E-state index < -0.39 is 0 Å². The highest BCUT2D eigenvalue weighted by Crippen LogP contribution is 2.20. The summed E-state index contributed by atoms with van der Waals surface area (Å²) in [5, 5.41) is 0. The number of carbonyl (C=O) groups excluding carboxylic acids is 1. The SMILES string of the molecule is CC.CC(C)(C)CCN1CCCC1.COC=O. The van der Waals surface area contributed by atoms with Crippen molar-refractivity contribution in [1.29, 1.82) is 0 Å². The highest BCUT2D eigenvalue weighted by atomic mass is 16.5. The number of hydrogen-bond donors (Lipinski definition) is 0. The Bertz CT molecular complexity index is 158. The van der Waals surface area contributed by atoms with Gasteiger partial charge in [-0.05, 0) is 44.3 Å². The van der Waals surface area contributed by atoms with Crippen molar-refractivity contribution in [2.75, 3.05) is 26.7 Å². The first-order valence-electron chi connectivity index (χ1n) is 6.68. The minimum absolute atomic E-state index is 0.375. The Morgan fingerprint density at radius 2 is 1.59 bits per heavy atom. The van der Waals surface area contributed by atoms with E-state index in [0.717, 1.165) is 0 Å². The zero-order valence-electron chi connectivity index (χ0n) is 12.6. The van der Waals surface area contributed by atoms with Crippen LogP contribution >= 0.6 is 0 Å². The van der Waals surface area contributed by atoms with Crippen LogP contribution in [0.1, 0.15) is 53.9 Å². The van der Waals surface area contributed by atoms with Crippen LogP contribution < -0.4 is 0 Å². The lowest BCUT2D eigenvalue weighted by Crippen LogP contribution is -2.24. The third kappa shape index (κ3) is 15.4. The Morgan fingerprint density at radius 1 is 1.18 bits per heavy atom. The smallest absolute Gasteiger partial charge is 0.292 e. The van der Waals surface area contributed by atoms with E-state index in [4.69, 9.17) is 4.79 Å². The fraction of sp³-hybridized carbons (Fsp3) is 0.929. The Morgan fingerprint density at radius 3 is 1.88 bits per heavy atom. The van der Waals surface area contributed by atoms with Crippen LogP contribution in [0.5, 0.6) is 0 Å². The first-order valence-corrected chi connectivity index (χ1v) is 6.68. The lowest BCUT2D eigenvalue weighted by atomic mass is 9.92. The first-order chi connectivity index (χ1) is 7.99. The van der Waals surface area contributed by atoms with E-state index in [0.29, 0.717) is 11.9 Å². The van der Waals surface area contributed by atoms with Gasteiger partial charge in [-0.1, -0.05) is 34.6 Å². The molecule has 1 aliphatic rings. The molecule has 1 heterocycles. The Labute approximate surface area is 108 Å². The van der Waals surface area contributed by atoms with E-state index in [9.17, 15) is 0 Å². The van der Waals surface area contributed by atoms with Crippen molar-refractivity contribution < 1.29 is 9.53 Å². The topological polar surface area (TPSA) is 29.5 Å². The first kappa shape index (κ1) is 18.8. The van der Waals surface area contributed by atoms with Crippen molar-refractivity contribution in [3.63, 3.8) is 0 Å². The van der Waals surface area contributed by atoms with Gasteiger partial charge >= 0.3 is 0 Å². The van der Waals surface area contributed by atoms with Gasteiger partial charge in [0.25, 0.3) is 6.47 Å². The maximum atomic E-state index is 8.95. The summed E-state index contributed by atoms with van der Waals surface area (Å²) in [7, 11) is 1.31. The van der Waals surface area contributed by atoms with Gasteiger partial charge < -0.3 is 9.64 Å². The Balaban J connectivity index is 0. The summed E-state index contributed by atoms with van der Waals surface area (Å²) in [4.78, 5) is 11.5. The fourth-order valence-electron chi connectivity index (χ4n) is 1.50. The van der Waals surface area contributed by atoms with Gasteiger partial charge in [0.05, 0.1) is 7.11 Å². The number of hydrogen-bond acceptors (Lipinski definition) is 3. The molecule has 1 rings (SSSR count). The van der Waals surface area contributed by atoms with Crippen molar-refractivity contribution in [1.82, 2.24) is 4.90 Å². The molecule has 0 aliphatic carbocycles. The number of nitrogens with zero attached hydrogens (tertiary/aromatic N) is 1. The van der Waals surface area contributed by atoms with E-state index in [1.807, 2.05) is 13.8 Å². The van der Waals surface area contributed by atoms with Gasteiger partial charge in [0, 0.05) is 0 Å². The molecule has 0 aromatic carbocycles. The summed E-state index contributed by atoms with van der Waals surface area (Å²) in [5.41, 5.74) is 0.516. The molecule has 1 saturated heterocycles. The van der Waals surface area contributed by atoms with Crippen molar-refractivity contribution in [3.8, 4) is 0 Å². The highest BCUT2D eigenvalue weighted by Gasteiger charge is 2.15. The molecule has 3 nitrogen and oxygen atoms in total. The quantitative estimate of drug-likeness (QED) is 0.714. The number of rotatable bonds is 3. The summed E-state index contributed by atoms with van der Waals surface area (Å²) in [6, 6.07) is 0. The molecular weight excluding hydrogens is 214 g/mol. The predicted octanol–water partition coefficient (Wildman–Crippen LogP) is 3.33. The van der Waals surface area contributed by atoms with Crippen LogP contribution in [0.4, 0.5) is 0 Å². The lowest BCUT2D eigenvalue weighted by molar-refractivity contribution is -0.126. The van der Waals surface area contributed by atoms with Crippen LogP contribution in [-0.4, -0.2) is 38.1 Å². The highest BCUT2D eigenvalue weighted by molar-refractivity contribution is 5.36. The molecule has 0 aromatic rings. The molecule has 1 aliphatic heterocycles. The van der Waals surface area contributed by atoms with Gasteiger partial charge in [-0.15, -0.1) is 0 Å². The number of carbonyl (C=O) groups is 1. The van der Waals surface area contributed by atoms with Gasteiger partial charge in [-0.25, -0.2) is 0 Å². The van der Waals surface area contributed by atoms with E-state index in [-0.39, 0.29) is 0 Å². The van der Waals surface area contributed by atoms with Crippen LogP contribution in [-0.2, 0) is 9.53 Å². The van der Waals surface area contributed by atoms with Gasteiger partial charge in [-0.3, -0.25) is 4.79 Å². The zero-order valence-corrected chi connectivity index (χ0v) is 12.6. The third-order valence-electron chi connectivity index (χ3n) is 2.47. The minimum atomic E-state index is 0.375. The van der Waals surface area contributed by atoms with Gasteiger partial charge in [0.1, 0.15) is 0 Å². The van der Waals surface area contributed by atoms with Gasteiger partial charge in [-0.2, -0.15) is 0 Å². The average molecular weight is 245 g/mol. The molecule has 3 heteroatoms. The number of methoxy groups -OCH3 is 1. The predicted molar refractivity (Wildman–Crippen MR) is 74.2 cm³/mol. The maximum Gasteiger partial charge on any atom is 0.292 e. The average Bonchev–Trinajstić information content (AvgIpc) is 2.81. The number of ether oxygens (including phenoxy) is 1. The molecule has 0 N–H and O–H groups in total. The Hall–Kier alpha value is -0.570. The summed E-state index contributed by atoms with van der Waals surface area (Å²) < 4.78 is 3.86. The molecule has 17 heavy (non-hydrogen) atoms. The minimum Gasteiger partial charge on any atom is -0.471 e. The Kier molecular flexibility index (Phi) is 13.2. The zero-order chi connectivity index (χ0) is 13.7. The van der Waals surface area contributed by atoms with Crippen LogP contribution in [0.2, 0.25) is 0 Å². The fourth-order valence-corrected chi connectivity index (χ4v) is 1.50. The maximum absolute atomic E-state index is 8.95.